The van der Waals surface area contributed by atoms with Crippen molar-refractivity contribution in [1.29, 1.82) is 0 Å². The Morgan fingerprint density at radius 1 is 1.18 bits per heavy atom. The monoisotopic (exact) mass is 401 g/mol. The molecule has 3 rings (SSSR count). The molecule has 2 aromatic carbocycles. The lowest BCUT2D eigenvalue weighted by Crippen LogP contribution is -2.29. The van der Waals surface area contributed by atoms with Gasteiger partial charge in [-0.1, -0.05) is 35.5 Å². The largest absolute Gasteiger partial charge is 0.382 e. The maximum absolute atomic E-state index is 12.7. The van der Waals surface area contributed by atoms with E-state index < -0.39 is 16.1 Å². The minimum atomic E-state index is -3.61. The molecule has 0 spiro atoms. The molecule has 28 heavy (non-hydrogen) atoms. The fraction of sp³-hybridized carbons (Fsp3) is 0.300. The fourth-order valence-corrected chi connectivity index (χ4v) is 3.86. The van der Waals surface area contributed by atoms with Crippen LogP contribution in [0.1, 0.15) is 23.1 Å². The van der Waals surface area contributed by atoms with Crippen molar-refractivity contribution in [1.82, 2.24) is 4.31 Å². The van der Waals surface area contributed by atoms with Crippen LogP contribution in [-0.4, -0.2) is 44.5 Å². The van der Waals surface area contributed by atoms with Crippen LogP contribution in [0.3, 0.4) is 0 Å². The van der Waals surface area contributed by atoms with Gasteiger partial charge in [0, 0.05) is 26.2 Å². The van der Waals surface area contributed by atoms with Gasteiger partial charge >= 0.3 is 0 Å². The van der Waals surface area contributed by atoms with E-state index in [-0.39, 0.29) is 10.8 Å². The molecule has 8 heteroatoms. The first-order chi connectivity index (χ1) is 13.2. The van der Waals surface area contributed by atoms with Gasteiger partial charge in [0.2, 0.25) is 16.1 Å². The van der Waals surface area contributed by atoms with Gasteiger partial charge in [0.1, 0.15) is 0 Å². The first-order valence-electron chi connectivity index (χ1n) is 8.83. The van der Waals surface area contributed by atoms with E-state index in [1.807, 2.05) is 44.2 Å². The summed E-state index contributed by atoms with van der Waals surface area (Å²) >= 11 is 0. The molecule has 0 saturated carbocycles. The van der Waals surface area contributed by atoms with Gasteiger partial charge in [-0.05, 0) is 42.7 Å². The van der Waals surface area contributed by atoms with Crippen molar-refractivity contribution in [3.05, 3.63) is 59.2 Å². The average Bonchev–Trinajstić information content (AvgIpc) is 3.16. The second-order valence-corrected chi connectivity index (χ2v) is 9.04. The fourth-order valence-electron chi connectivity index (χ4n) is 2.85. The lowest BCUT2D eigenvalue weighted by atomic mass is 10.0. The van der Waals surface area contributed by atoms with Gasteiger partial charge in [-0.15, -0.1) is 0 Å². The maximum atomic E-state index is 12.7. The molecule has 1 N–H and O–H groups in total. The van der Waals surface area contributed by atoms with Crippen LogP contribution >= 0.6 is 0 Å². The molecule has 0 saturated heterocycles. The molecule has 7 nitrogen and oxygen atoms in total. The summed E-state index contributed by atoms with van der Waals surface area (Å²) in [7, 11) is -0.670. The molecule has 0 radical (unpaired) electrons. The number of anilines is 1. The number of nitrogens with one attached hydrogen (secondary N) is 1. The van der Waals surface area contributed by atoms with E-state index >= 15 is 0 Å². The van der Waals surface area contributed by atoms with Crippen molar-refractivity contribution in [2.24, 2.45) is 5.16 Å². The molecular weight excluding hydrogens is 378 g/mol. The minimum Gasteiger partial charge on any atom is -0.382 e. The molecule has 1 atom stereocenters. The first kappa shape index (κ1) is 20.0. The third kappa shape index (κ3) is 3.93. The highest BCUT2D eigenvalue weighted by molar-refractivity contribution is 7.89. The molecular formula is C20H23N3O4S. The normalized spacial score (nSPS) is 16.6. The summed E-state index contributed by atoms with van der Waals surface area (Å²) < 4.78 is 26.1. The van der Waals surface area contributed by atoms with Crippen LogP contribution in [0.2, 0.25) is 0 Å². The van der Waals surface area contributed by atoms with Crippen LogP contribution < -0.4 is 5.32 Å². The van der Waals surface area contributed by atoms with Gasteiger partial charge in [0.05, 0.1) is 10.6 Å². The Morgan fingerprint density at radius 3 is 2.50 bits per heavy atom. The van der Waals surface area contributed by atoms with Crippen molar-refractivity contribution in [3.63, 3.8) is 0 Å². The number of amides is 1. The van der Waals surface area contributed by atoms with Gasteiger partial charge in [0.15, 0.2) is 0 Å². The third-order valence-electron chi connectivity index (χ3n) is 4.75. The first-order valence-corrected chi connectivity index (χ1v) is 10.3. The van der Waals surface area contributed by atoms with E-state index in [0.717, 1.165) is 21.0 Å². The van der Waals surface area contributed by atoms with Gasteiger partial charge in [0.25, 0.3) is 5.91 Å². The molecule has 1 aliphatic heterocycles. The molecule has 0 aliphatic carbocycles. The second-order valence-electron chi connectivity index (χ2n) is 6.89. The molecule has 1 heterocycles. The Kier molecular flexibility index (Phi) is 5.53. The van der Waals surface area contributed by atoms with Crippen molar-refractivity contribution in [3.8, 4) is 0 Å². The summed E-state index contributed by atoms with van der Waals surface area (Å²) in [5, 5.41) is 6.82. The summed E-state index contributed by atoms with van der Waals surface area (Å²) in [5.74, 6) is -0.364. The standard InChI is InChI=1S/C20H23N3O4S/c1-13-10-16(28(25,26)23(3)4)11-17(14(13)2)21-20(24)19-12-18(22-27-19)15-8-6-5-7-9-15/h5-11,19H,12H2,1-4H3,(H,21,24). The number of hydrogen-bond donors (Lipinski definition) is 1. The molecule has 0 bridgehead atoms. The van der Waals surface area contributed by atoms with Gasteiger partial charge < -0.3 is 10.2 Å². The highest BCUT2D eigenvalue weighted by Crippen LogP contribution is 2.26. The lowest BCUT2D eigenvalue weighted by Gasteiger charge is -2.17. The van der Waals surface area contributed by atoms with E-state index in [4.69, 9.17) is 4.84 Å². The number of hydrogen-bond acceptors (Lipinski definition) is 5. The summed E-state index contributed by atoms with van der Waals surface area (Å²) in [4.78, 5) is 18.1. The van der Waals surface area contributed by atoms with Crippen LogP contribution in [0.25, 0.3) is 0 Å². The zero-order valence-electron chi connectivity index (χ0n) is 16.3. The number of sulfonamides is 1. The number of carbonyl (C=O) groups excluding carboxylic acids is 1. The van der Waals surface area contributed by atoms with E-state index in [2.05, 4.69) is 10.5 Å². The number of aryl methyl sites for hydroxylation is 1. The maximum Gasteiger partial charge on any atom is 0.268 e. The Bertz CT molecular complexity index is 1030. The van der Waals surface area contributed by atoms with Crippen molar-refractivity contribution in [2.75, 3.05) is 19.4 Å². The number of nitrogens with zero attached hydrogens (tertiary/aromatic N) is 2. The van der Waals surface area contributed by atoms with E-state index in [0.29, 0.717) is 17.8 Å². The average molecular weight is 401 g/mol. The van der Waals surface area contributed by atoms with Crippen molar-refractivity contribution in [2.45, 2.75) is 31.3 Å². The minimum absolute atomic E-state index is 0.129. The summed E-state index contributed by atoms with van der Waals surface area (Å²) in [6.45, 7) is 3.64. The predicted octanol–water partition coefficient (Wildman–Crippen LogP) is 2.69. The van der Waals surface area contributed by atoms with E-state index in [1.165, 1.54) is 20.2 Å². The Hall–Kier alpha value is -2.71. The van der Waals surface area contributed by atoms with Crippen LogP contribution in [0, 0.1) is 13.8 Å². The summed E-state index contributed by atoms with van der Waals surface area (Å²) in [6.07, 6.45) is -0.409. The number of carbonyl (C=O) groups is 1. The number of rotatable bonds is 5. The molecule has 1 unspecified atom stereocenters. The van der Waals surface area contributed by atoms with Crippen LogP contribution in [0.4, 0.5) is 5.69 Å². The SMILES string of the molecule is Cc1cc(S(=O)(=O)N(C)C)cc(NC(=O)C2CC(c3ccccc3)=NO2)c1C. The predicted molar refractivity (Wildman–Crippen MR) is 108 cm³/mol. The Balaban J connectivity index is 1.79. The smallest absolute Gasteiger partial charge is 0.268 e. The second kappa shape index (κ2) is 7.73. The molecule has 1 amide bonds. The quantitative estimate of drug-likeness (QED) is 0.834. The zero-order valence-corrected chi connectivity index (χ0v) is 17.1. The molecule has 0 aromatic heterocycles. The Labute approximate surface area is 165 Å². The molecule has 2 aromatic rings. The number of oxime groups is 1. The van der Waals surface area contributed by atoms with Gasteiger partial charge in [-0.3, -0.25) is 4.79 Å². The summed E-state index contributed by atoms with van der Waals surface area (Å²) in [6, 6.07) is 12.6. The zero-order chi connectivity index (χ0) is 20.5. The Morgan fingerprint density at radius 2 is 1.86 bits per heavy atom. The molecule has 1 aliphatic rings. The third-order valence-corrected chi connectivity index (χ3v) is 6.54. The highest BCUT2D eigenvalue weighted by atomic mass is 32.2. The van der Waals surface area contributed by atoms with Crippen LogP contribution in [0.5, 0.6) is 0 Å². The topological polar surface area (TPSA) is 88.1 Å². The lowest BCUT2D eigenvalue weighted by molar-refractivity contribution is -0.125. The summed E-state index contributed by atoms with van der Waals surface area (Å²) in [5.41, 5.74) is 3.63. The van der Waals surface area contributed by atoms with Gasteiger partial charge in [-0.25, -0.2) is 12.7 Å². The van der Waals surface area contributed by atoms with Gasteiger partial charge in [-0.2, -0.15) is 0 Å². The van der Waals surface area contributed by atoms with Crippen molar-refractivity contribution >= 4 is 27.3 Å². The van der Waals surface area contributed by atoms with Crippen molar-refractivity contribution < 1.29 is 18.0 Å². The molecule has 0 fully saturated rings. The highest BCUT2D eigenvalue weighted by Gasteiger charge is 2.29. The van der Waals surface area contributed by atoms with Crippen LogP contribution in [-0.2, 0) is 19.7 Å². The van der Waals surface area contributed by atoms with E-state index in [9.17, 15) is 13.2 Å². The number of benzene rings is 2. The molecule has 148 valence electrons. The van der Waals surface area contributed by atoms with Crippen LogP contribution in [0.15, 0.2) is 52.5 Å². The van der Waals surface area contributed by atoms with E-state index in [1.54, 1.807) is 6.07 Å².